The first-order valence-corrected chi connectivity index (χ1v) is 10.00. The van der Waals surface area contributed by atoms with E-state index in [2.05, 4.69) is 10.3 Å². The summed E-state index contributed by atoms with van der Waals surface area (Å²) >= 11 is 0. The van der Waals surface area contributed by atoms with E-state index in [-0.39, 0.29) is 11.8 Å². The summed E-state index contributed by atoms with van der Waals surface area (Å²) in [5, 5.41) is 2.88. The number of aromatic nitrogens is 1. The first-order valence-electron chi connectivity index (χ1n) is 10.00. The van der Waals surface area contributed by atoms with Crippen LogP contribution >= 0.6 is 0 Å². The van der Waals surface area contributed by atoms with Gasteiger partial charge in [0.1, 0.15) is 5.82 Å². The van der Waals surface area contributed by atoms with Gasteiger partial charge in [-0.05, 0) is 34.9 Å². The monoisotopic (exact) mass is 411 g/mol. The third-order valence-corrected chi connectivity index (χ3v) is 5.22. The van der Waals surface area contributed by atoms with Crippen LogP contribution in [0.3, 0.4) is 0 Å². The lowest BCUT2D eigenvalue weighted by atomic mass is 9.85. The lowest BCUT2D eigenvalue weighted by molar-refractivity contribution is -0.117. The number of nitrogens with zero attached hydrogens (tertiary/aromatic N) is 1. The van der Waals surface area contributed by atoms with Crippen LogP contribution in [0.15, 0.2) is 103 Å². The molecule has 4 aromatic rings. The molecule has 0 aliphatic heterocycles. The molecule has 1 atom stereocenters. The van der Waals surface area contributed by atoms with Crippen molar-refractivity contribution in [2.75, 3.05) is 5.32 Å². The highest BCUT2D eigenvalue weighted by Gasteiger charge is 2.27. The zero-order valence-corrected chi connectivity index (χ0v) is 16.8. The molecule has 0 saturated carbocycles. The Kier molecular flexibility index (Phi) is 6.15. The molecule has 1 heterocycles. The molecule has 0 saturated heterocycles. The van der Waals surface area contributed by atoms with Gasteiger partial charge in [0.05, 0.1) is 12.2 Å². The molecule has 1 aromatic heterocycles. The highest BCUT2D eigenvalue weighted by atomic mass is 19.1. The lowest BCUT2D eigenvalue weighted by Gasteiger charge is -2.24. The molecular formula is C26H22FN3O. The highest BCUT2D eigenvalue weighted by Crippen LogP contribution is 2.28. The number of pyridine rings is 1. The van der Waals surface area contributed by atoms with Gasteiger partial charge < -0.3 is 11.1 Å². The summed E-state index contributed by atoms with van der Waals surface area (Å²) in [7, 11) is 0. The maximum Gasteiger partial charge on any atom is 0.242 e. The smallest absolute Gasteiger partial charge is 0.242 e. The Morgan fingerprint density at radius 1 is 0.839 bits per heavy atom. The largest absolute Gasteiger partial charge is 0.325 e. The number of rotatable bonds is 6. The molecule has 0 aliphatic carbocycles. The minimum Gasteiger partial charge on any atom is -0.325 e. The lowest BCUT2D eigenvalue weighted by Crippen LogP contribution is -2.41. The van der Waals surface area contributed by atoms with Gasteiger partial charge in [-0.25, -0.2) is 4.39 Å². The number of amides is 1. The Morgan fingerprint density at radius 2 is 1.42 bits per heavy atom. The van der Waals surface area contributed by atoms with Crippen LogP contribution in [0, 0.1) is 5.82 Å². The van der Waals surface area contributed by atoms with E-state index in [0.717, 1.165) is 11.1 Å². The maximum absolute atomic E-state index is 14.0. The Labute approximate surface area is 180 Å². The average molecular weight is 411 g/mol. The minimum atomic E-state index is -0.790. The van der Waals surface area contributed by atoms with Crippen LogP contribution in [0.25, 0.3) is 11.1 Å². The summed E-state index contributed by atoms with van der Waals surface area (Å²) in [4.78, 5) is 16.8. The van der Waals surface area contributed by atoms with E-state index >= 15 is 0 Å². The molecule has 31 heavy (non-hydrogen) atoms. The molecular weight excluding hydrogens is 389 g/mol. The van der Waals surface area contributed by atoms with Crippen LogP contribution in [-0.2, 0) is 4.79 Å². The second kappa shape index (κ2) is 9.32. The van der Waals surface area contributed by atoms with E-state index < -0.39 is 11.9 Å². The molecule has 4 rings (SSSR count). The van der Waals surface area contributed by atoms with Crippen LogP contribution in [0.5, 0.6) is 0 Å². The van der Waals surface area contributed by atoms with Crippen molar-refractivity contribution in [1.29, 1.82) is 0 Å². The number of nitrogens with two attached hydrogens (primary N) is 1. The van der Waals surface area contributed by atoms with Gasteiger partial charge in [0, 0.05) is 23.4 Å². The number of carbonyl (C=O) groups is 1. The first kappa shape index (κ1) is 20.4. The summed E-state index contributed by atoms with van der Waals surface area (Å²) in [5.41, 5.74) is 10.1. The van der Waals surface area contributed by atoms with Crippen LogP contribution in [0.4, 0.5) is 10.1 Å². The number of hydrogen-bond acceptors (Lipinski definition) is 3. The summed E-state index contributed by atoms with van der Waals surface area (Å²) in [6, 6.07) is 27.3. The fourth-order valence-electron chi connectivity index (χ4n) is 3.65. The van der Waals surface area contributed by atoms with Crippen LogP contribution in [0.1, 0.15) is 17.0 Å². The van der Waals surface area contributed by atoms with E-state index in [1.165, 1.54) is 6.20 Å². The SMILES string of the molecule is N[C@H](C(=O)Nc1ccc(-c2ccncc2F)cc1)C(c1ccccc1)c1ccccc1. The summed E-state index contributed by atoms with van der Waals surface area (Å²) < 4.78 is 14.0. The molecule has 5 heteroatoms. The zero-order valence-electron chi connectivity index (χ0n) is 16.8. The van der Waals surface area contributed by atoms with E-state index in [9.17, 15) is 9.18 Å². The van der Waals surface area contributed by atoms with E-state index in [1.54, 1.807) is 36.5 Å². The number of benzene rings is 3. The molecule has 0 radical (unpaired) electrons. The van der Waals surface area contributed by atoms with Crippen LogP contribution in [0.2, 0.25) is 0 Å². The molecule has 3 N–H and O–H groups in total. The standard InChI is InChI=1S/C26H22FN3O/c27-23-17-29-16-15-22(23)18-11-13-21(14-12-18)30-26(31)25(28)24(19-7-3-1-4-8-19)20-9-5-2-6-10-20/h1-17,24-25H,28H2,(H,30,31)/t25-/m0/s1. The summed E-state index contributed by atoms with van der Waals surface area (Å²) in [6.45, 7) is 0. The predicted octanol–water partition coefficient (Wildman–Crippen LogP) is 4.99. The quantitative estimate of drug-likeness (QED) is 0.470. The topological polar surface area (TPSA) is 68.0 Å². The van der Waals surface area contributed by atoms with Crippen molar-refractivity contribution in [3.05, 3.63) is 120 Å². The van der Waals surface area contributed by atoms with Gasteiger partial charge in [0.15, 0.2) is 0 Å². The van der Waals surface area contributed by atoms with Gasteiger partial charge in [-0.1, -0.05) is 72.8 Å². The fourth-order valence-corrected chi connectivity index (χ4v) is 3.65. The van der Waals surface area contributed by atoms with Crippen molar-refractivity contribution in [2.45, 2.75) is 12.0 Å². The van der Waals surface area contributed by atoms with Gasteiger partial charge in [-0.2, -0.15) is 0 Å². The summed E-state index contributed by atoms with van der Waals surface area (Å²) in [6.07, 6.45) is 2.72. The van der Waals surface area contributed by atoms with Crippen molar-refractivity contribution in [3.8, 4) is 11.1 Å². The maximum atomic E-state index is 14.0. The Bertz CT molecular complexity index is 1110. The predicted molar refractivity (Wildman–Crippen MR) is 121 cm³/mol. The number of anilines is 1. The molecule has 3 aromatic carbocycles. The molecule has 0 unspecified atom stereocenters. The van der Waals surface area contributed by atoms with Crippen molar-refractivity contribution in [1.82, 2.24) is 4.98 Å². The van der Waals surface area contributed by atoms with Gasteiger partial charge in [0.25, 0.3) is 0 Å². The van der Waals surface area contributed by atoms with E-state index in [1.807, 2.05) is 60.7 Å². The Hall–Kier alpha value is -3.83. The van der Waals surface area contributed by atoms with Gasteiger partial charge >= 0.3 is 0 Å². The number of nitrogens with one attached hydrogen (secondary N) is 1. The average Bonchev–Trinajstić information content (AvgIpc) is 2.81. The molecule has 0 aliphatic rings. The van der Waals surface area contributed by atoms with Crippen molar-refractivity contribution in [2.24, 2.45) is 5.73 Å². The zero-order chi connectivity index (χ0) is 21.6. The second-order valence-corrected chi connectivity index (χ2v) is 7.25. The Morgan fingerprint density at radius 3 is 1.97 bits per heavy atom. The molecule has 154 valence electrons. The first-order chi connectivity index (χ1) is 15.1. The number of halogens is 1. The fraction of sp³-hybridized carbons (Fsp3) is 0.0769. The van der Waals surface area contributed by atoms with Crippen LogP contribution in [-0.4, -0.2) is 16.9 Å². The van der Waals surface area contributed by atoms with Crippen molar-refractivity contribution >= 4 is 11.6 Å². The molecule has 1 amide bonds. The molecule has 0 spiro atoms. The minimum absolute atomic E-state index is 0.285. The molecule has 4 nitrogen and oxygen atoms in total. The molecule has 0 bridgehead atoms. The van der Waals surface area contributed by atoms with Crippen molar-refractivity contribution in [3.63, 3.8) is 0 Å². The normalized spacial score (nSPS) is 11.8. The van der Waals surface area contributed by atoms with Gasteiger partial charge in [-0.3, -0.25) is 9.78 Å². The third kappa shape index (κ3) is 4.68. The Balaban J connectivity index is 1.55. The highest BCUT2D eigenvalue weighted by molar-refractivity contribution is 5.96. The number of carbonyl (C=O) groups excluding carboxylic acids is 1. The van der Waals surface area contributed by atoms with Gasteiger partial charge in [-0.15, -0.1) is 0 Å². The third-order valence-electron chi connectivity index (χ3n) is 5.22. The number of hydrogen-bond donors (Lipinski definition) is 2. The second-order valence-electron chi connectivity index (χ2n) is 7.25. The van der Waals surface area contributed by atoms with Gasteiger partial charge in [0.2, 0.25) is 5.91 Å². The summed E-state index contributed by atoms with van der Waals surface area (Å²) in [5.74, 6) is -0.969. The van der Waals surface area contributed by atoms with Crippen LogP contribution < -0.4 is 11.1 Å². The van der Waals surface area contributed by atoms with E-state index in [0.29, 0.717) is 16.8 Å². The van der Waals surface area contributed by atoms with E-state index in [4.69, 9.17) is 5.73 Å². The molecule has 0 fully saturated rings. The van der Waals surface area contributed by atoms with Crippen molar-refractivity contribution < 1.29 is 9.18 Å².